The monoisotopic (exact) mass is 492 g/mol. The molecule has 3 fully saturated rings. The van der Waals surface area contributed by atoms with Crippen molar-refractivity contribution in [3.05, 3.63) is 0 Å². The Kier molecular flexibility index (Phi) is 9.34. The third-order valence-corrected chi connectivity index (χ3v) is 9.31. The predicted molar refractivity (Wildman–Crippen MR) is 139 cm³/mol. The molecule has 4 N–H and O–H groups in total. The van der Waals surface area contributed by atoms with E-state index >= 15 is 0 Å². The van der Waals surface area contributed by atoms with Crippen molar-refractivity contribution in [2.24, 2.45) is 23.0 Å². The van der Waals surface area contributed by atoms with Gasteiger partial charge in [0, 0.05) is 0 Å². The lowest BCUT2D eigenvalue weighted by Gasteiger charge is -2.54. The highest BCUT2D eigenvalue weighted by Gasteiger charge is 2.57. The van der Waals surface area contributed by atoms with Crippen LogP contribution in [0.1, 0.15) is 130 Å². The molecule has 0 bridgehead atoms. The highest BCUT2D eigenvalue weighted by Crippen LogP contribution is 2.47. The molecule has 0 aromatic carbocycles. The van der Waals surface area contributed by atoms with Crippen LogP contribution in [-0.2, 0) is 9.59 Å². The Morgan fingerprint density at radius 3 is 1.34 bits per heavy atom. The summed E-state index contributed by atoms with van der Waals surface area (Å²) in [5.41, 5.74) is 2.76. The molecule has 0 heterocycles. The minimum absolute atomic E-state index is 0.225. The molecule has 0 radical (unpaired) electrons. The molecule has 6 nitrogen and oxygen atoms in total. The van der Waals surface area contributed by atoms with Crippen LogP contribution >= 0.6 is 0 Å². The smallest absolute Gasteiger partial charge is 0.238 e. The lowest BCUT2D eigenvalue weighted by molar-refractivity contribution is -0.178. The summed E-state index contributed by atoms with van der Waals surface area (Å²) in [5.74, 6) is -0.246. The SMILES string of the molecule is CC(C)C[C@@H](N(C(=O)C1(C(N)=O)CCCC1)[C@H](CC(C)C)C1(O)CCCCC1)C1(O)CCCCC1. The minimum atomic E-state index is -1.22. The van der Waals surface area contributed by atoms with Crippen LogP contribution in [0, 0.1) is 17.3 Å². The lowest BCUT2D eigenvalue weighted by atomic mass is 9.70. The van der Waals surface area contributed by atoms with Gasteiger partial charge in [0.2, 0.25) is 11.8 Å². The first-order chi connectivity index (χ1) is 16.5. The molecule has 202 valence electrons. The molecule has 0 unspecified atom stereocenters. The number of hydrogen-bond donors (Lipinski definition) is 3. The van der Waals surface area contributed by atoms with Crippen molar-refractivity contribution in [1.82, 2.24) is 4.90 Å². The van der Waals surface area contributed by atoms with Crippen molar-refractivity contribution in [2.75, 3.05) is 0 Å². The van der Waals surface area contributed by atoms with E-state index in [1.807, 2.05) is 4.90 Å². The Labute approximate surface area is 213 Å². The highest BCUT2D eigenvalue weighted by atomic mass is 16.3. The van der Waals surface area contributed by atoms with Gasteiger partial charge < -0.3 is 20.8 Å². The Morgan fingerprint density at radius 2 is 1.03 bits per heavy atom. The molecular weight excluding hydrogens is 440 g/mol. The van der Waals surface area contributed by atoms with Crippen LogP contribution in [-0.4, -0.2) is 50.2 Å². The average molecular weight is 493 g/mol. The summed E-state index contributed by atoms with van der Waals surface area (Å²) in [4.78, 5) is 29.5. The number of carbonyl (C=O) groups excluding carboxylic acids is 2. The minimum Gasteiger partial charge on any atom is -0.388 e. The summed E-state index contributed by atoms with van der Waals surface area (Å²) in [5, 5.41) is 24.3. The summed E-state index contributed by atoms with van der Waals surface area (Å²) in [6, 6.07) is -0.858. The van der Waals surface area contributed by atoms with Gasteiger partial charge in [0.15, 0.2) is 0 Å². The molecule has 0 saturated heterocycles. The van der Waals surface area contributed by atoms with Crippen LogP contribution in [0.5, 0.6) is 0 Å². The Bertz CT molecular complexity index is 678. The zero-order chi connectivity index (χ0) is 25.9. The molecule has 3 rings (SSSR count). The summed E-state index contributed by atoms with van der Waals surface area (Å²) < 4.78 is 0. The van der Waals surface area contributed by atoms with Gasteiger partial charge in [0.25, 0.3) is 0 Å². The third kappa shape index (κ3) is 6.06. The molecule has 6 heteroatoms. The third-order valence-electron chi connectivity index (χ3n) is 9.31. The molecule has 0 spiro atoms. The summed E-state index contributed by atoms with van der Waals surface area (Å²) in [6.07, 6.45) is 12.4. The van der Waals surface area contributed by atoms with E-state index in [9.17, 15) is 19.8 Å². The lowest BCUT2D eigenvalue weighted by Crippen LogP contribution is -2.68. The molecule has 0 aromatic heterocycles. The van der Waals surface area contributed by atoms with E-state index in [4.69, 9.17) is 5.73 Å². The van der Waals surface area contributed by atoms with E-state index in [0.717, 1.165) is 51.4 Å². The first-order valence-corrected chi connectivity index (χ1v) is 14.5. The largest absolute Gasteiger partial charge is 0.388 e. The van der Waals surface area contributed by atoms with Gasteiger partial charge in [-0.15, -0.1) is 0 Å². The second-order valence-corrected chi connectivity index (χ2v) is 13.0. The van der Waals surface area contributed by atoms with Crippen LogP contribution in [0.4, 0.5) is 0 Å². The summed E-state index contributed by atoms with van der Waals surface area (Å²) in [7, 11) is 0. The van der Waals surface area contributed by atoms with Crippen LogP contribution in [0.3, 0.4) is 0 Å². The highest BCUT2D eigenvalue weighted by molar-refractivity contribution is 6.05. The Morgan fingerprint density at radius 1 is 0.686 bits per heavy atom. The first kappa shape index (κ1) is 28.4. The van der Waals surface area contributed by atoms with Gasteiger partial charge in [-0.1, -0.05) is 79.1 Å². The van der Waals surface area contributed by atoms with Crippen molar-refractivity contribution >= 4 is 11.8 Å². The zero-order valence-electron chi connectivity index (χ0n) is 22.9. The van der Waals surface area contributed by atoms with Crippen molar-refractivity contribution in [1.29, 1.82) is 0 Å². The molecule has 0 aromatic rings. The van der Waals surface area contributed by atoms with Crippen LogP contribution in [0.15, 0.2) is 0 Å². The first-order valence-electron chi connectivity index (χ1n) is 14.5. The molecule has 35 heavy (non-hydrogen) atoms. The van der Waals surface area contributed by atoms with Crippen molar-refractivity contribution < 1.29 is 19.8 Å². The van der Waals surface area contributed by atoms with Gasteiger partial charge in [-0.2, -0.15) is 0 Å². The van der Waals surface area contributed by atoms with Crippen molar-refractivity contribution in [3.63, 3.8) is 0 Å². The number of nitrogens with two attached hydrogens (primary N) is 1. The van der Waals surface area contributed by atoms with Gasteiger partial charge in [-0.25, -0.2) is 0 Å². The summed E-state index contributed by atoms with van der Waals surface area (Å²) in [6.45, 7) is 8.53. The Balaban J connectivity index is 2.18. The normalized spacial score (nSPS) is 25.4. The fourth-order valence-electron chi connectivity index (χ4n) is 7.36. The molecule has 3 aliphatic rings. The Hall–Kier alpha value is -1.14. The molecule has 3 aliphatic carbocycles. The number of carbonyl (C=O) groups is 2. The molecule has 0 aliphatic heterocycles. The number of rotatable bonds is 10. The van der Waals surface area contributed by atoms with Gasteiger partial charge in [0.1, 0.15) is 5.41 Å². The van der Waals surface area contributed by atoms with E-state index in [1.165, 1.54) is 0 Å². The number of hydrogen-bond acceptors (Lipinski definition) is 4. The van der Waals surface area contributed by atoms with E-state index in [1.54, 1.807) is 0 Å². The van der Waals surface area contributed by atoms with E-state index in [0.29, 0.717) is 51.4 Å². The zero-order valence-corrected chi connectivity index (χ0v) is 22.9. The molecule has 3 saturated carbocycles. The predicted octanol–water partition coefficient (Wildman–Crippen LogP) is 5.08. The van der Waals surface area contributed by atoms with Gasteiger partial charge in [-0.3, -0.25) is 9.59 Å². The quantitative estimate of drug-likeness (QED) is 0.370. The van der Waals surface area contributed by atoms with Gasteiger partial charge in [-0.05, 0) is 63.2 Å². The van der Waals surface area contributed by atoms with Crippen LogP contribution in [0.25, 0.3) is 0 Å². The average Bonchev–Trinajstić information content (AvgIpc) is 3.30. The maximum Gasteiger partial charge on any atom is 0.238 e. The second kappa shape index (κ2) is 11.5. The standard InChI is InChI=1S/C29H52N2O4/c1-21(2)19-23(28(34)15-7-5-8-16-28)31(26(33)27(25(30)32)13-11-12-14-27)24(20-22(3)4)29(35)17-9-6-10-18-29/h21-24,34-35H,5-20H2,1-4H3,(H2,30,32)/t23-,24-/m1/s1. The number of aliphatic hydroxyl groups is 2. The molecular formula is C29H52N2O4. The van der Waals surface area contributed by atoms with E-state index in [2.05, 4.69) is 27.7 Å². The van der Waals surface area contributed by atoms with E-state index < -0.39 is 34.6 Å². The fraction of sp³-hybridized carbons (Fsp3) is 0.931. The second-order valence-electron chi connectivity index (χ2n) is 13.0. The van der Waals surface area contributed by atoms with Crippen LogP contribution < -0.4 is 5.73 Å². The molecule has 2 atom stereocenters. The molecule has 2 amide bonds. The van der Waals surface area contributed by atoms with Crippen LogP contribution in [0.2, 0.25) is 0 Å². The number of primary amides is 1. The maximum atomic E-state index is 14.7. The van der Waals surface area contributed by atoms with Crippen molar-refractivity contribution in [3.8, 4) is 0 Å². The number of nitrogens with zero attached hydrogens (tertiary/aromatic N) is 1. The van der Waals surface area contributed by atoms with E-state index in [-0.39, 0.29) is 17.7 Å². The van der Waals surface area contributed by atoms with Gasteiger partial charge in [0.05, 0.1) is 23.3 Å². The maximum absolute atomic E-state index is 14.7. The number of amides is 2. The summed E-state index contributed by atoms with van der Waals surface area (Å²) >= 11 is 0. The topological polar surface area (TPSA) is 104 Å². The van der Waals surface area contributed by atoms with Gasteiger partial charge >= 0.3 is 0 Å². The van der Waals surface area contributed by atoms with Crippen molar-refractivity contribution in [2.45, 2.75) is 154 Å². The fourth-order valence-corrected chi connectivity index (χ4v) is 7.36.